The van der Waals surface area contributed by atoms with Gasteiger partial charge < -0.3 is 38.9 Å². The van der Waals surface area contributed by atoms with Gasteiger partial charge in [-0.2, -0.15) is 9.97 Å². The molecule has 41 heavy (non-hydrogen) atoms. The maximum absolute atomic E-state index is 11.5. The van der Waals surface area contributed by atoms with Gasteiger partial charge in [-0.3, -0.25) is 9.59 Å². The number of carbonyl (C=O) groups excluding carboxylic acids is 2. The summed E-state index contributed by atoms with van der Waals surface area (Å²) in [5.41, 5.74) is 2.50. The monoisotopic (exact) mass is 567 g/mol. The first-order valence-corrected chi connectivity index (χ1v) is 13.5. The Morgan fingerprint density at radius 1 is 1.12 bits per heavy atom. The van der Waals surface area contributed by atoms with Crippen LogP contribution in [0.2, 0.25) is 0 Å². The molecule has 1 aliphatic rings. The molecule has 1 saturated heterocycles. The summed E-state index contributed by atoms with van der Waals surface area (Å²) in [4.78, 5) is 44.5. The summed E-state index contributed by atoms with van der Waals surface area (Å²) in [6, 6.07) is 1.83. The van der Waals surface area contributed by atoms with Crippen molar-refractivity contribution in [2.24, 2.45) is 7.05 Å². The fourth-order valence-electron chi connectivity index (χ4n) is 4.87. The van der Waals surface area contributed by atoms with Gasteiger partial charge in [0, 0.05) is 38.3 Å². The second kappa shape index (κ2) is 12.3. The lowest BCUT2D eigenvalue weighted by molar-refractivity contribution is -0.150. The van der Waals surface area contributed by atoms with E-state index >= 15 is 0 Å². The number of ether oxygens (including phenoxy) is 3. The van der Waals surface area contributed by atoms with Gasteiger partial charge in [0.25, 0.3) is 12.9 Å². The molecule has 3 N–H and O–H groups in total. The number of hydrogen-bond acceptors (Lipinski definition) is 13. The average Bonchev–Trinajstić information content (AvgIpc) is 3.75. The Balaban J connectivity index is 1.48. The van der Waals surface area contributed by atoms with Gasteiger partial charge in [0.1, 0.15) is 11.3 Å². The zero-order chi connectivity index (χ0) is 28.9. The van der Waals surface area contributed by atoms with E-state index in [1.165, 1.54) is 0 Å². The Morgan fingerprint density at radius 3 is 2.51 bits per heavy atom. The van der Waals surface area contributed by atoms with Crippen molar-refractivity contribution in [2.45, 2.75) is 70.5 Å². The molecule has 0 aromatic carbocycles. The maximum Gasteiger partial charge on any atom is 0.293 e. The van der Waals surface area contributed by atoms with Gasteiger partial charge >= 0.3 is 0 Å². The van der Waals surface area contributed by atoms with Crippen LogP contribution < -0.4 is 10.6 Å². The molecule has 5 heterocycles. The lowest BCUT2D eigenvalue weighted by atomic mass is 10.1. The number of nitrogens with one attached hydrogen (secondary N) is 3. The molecule has 4 aromatic heterocycles. The van der Waals surface area contributed by atoms with E-state index in [4.69, 9.17) is 28.7 Å². The summed E-state index contributed by atoms with van der Waals surface area (Å²) in [6.45, 7) is 7.06. The van der Waals surface area contributed by atoms with Crippen molar-refractivity contribution < 1.29 is 28.3 Å². The van der Waals surface area contributed by atoms with Gasteiger partial charge in [0.2, 0.25) is 5.95 Å². The van der Waals surface area contributed by atoms with Gasteiger partial charge in [0.05, 0.1) is 17.7 Å². The van der Waals surface area contributed by atoms with Crippen molar-refractivity contribution >= 4 is 35.9 Å². The van der Waals surface area contributed by atoms with Crippen LogP contribution in [-0.4, -0.2) is 72.4 Å². The number of rotatable bonds is 14. The quantitative estimate of drug-likeness (QED) is 0.189. The minimum Gasteiger partial charge on any atom is -0.457 e. The molecule has 0 radical (unpaired) electrons. The topological polar surface area (TPSA) is 184 Å². The van der Waals surface area contributed by atoms with Crippen molar-refractivity contribution in [3.8, 4) is 0 Å². The first-order valence-electron chi connectivity index (χ1n) is 13.5. The minimum atomic E-state index is -1.02. The van der Waals surface area contributed by atoms with Crippen LogP contribution in [0.3, 0.4) is 0 Å². The molecule has 4 aromatic rings. The molecule has 15 nitrogen and oxygen atoms in total. The highest BCUT2D eigenvalue weighted by Crippen LogP contribution is 2.44. The van der Waals surface area contributed by atoms with Crippen molar-refractivity contribution in [2.75, 3.05) is 17.2 Å². The molecule has 0 spiro atoms. The number of anilines is 2. The van der Waals surface area contributed by atoms with E-state index in [1.54, 1.807) is 19.3 Å². The second-order valence-electron chi connectivity index (χ2n) is 9.82. The number of H-pyrrole nitrogens is 1. The first kappa shape index (κ1) is 28.0. The summed E-state index contributed by atoms with van der Waals surface area (Å²) in [5.74, 6) is 1.60. The van der Waals surface area contributed by atoms with E-state index in [-0.39, 0.29) is 19.0 Å². The molecule has 15 heteroatoms. The van der Waals surface area contributed by atoms with Crippen molar-refractivity contribution in [3.05, 3.63) is 41.6 Å². The zero-order valence-corrected chi connectivity index (χ0v) is 23.2. The summed E-state index contributed by atoms with van der Waals surface area (Å²) >= 11 is 0. The molecule has 1 fully saturated rings. The van der Waals surface area contributed by atoms with Crippen molar-refractivity contribution in [1.82, 2.24) is 34.6 Å². The van der Waals surface area contributed by atoms with Crippen LogP contribution in [0.15, 0.2) is 23.1 Å². The standard InChI is InChI=1S/C26H33N9O6/c1-5-15(6-2)29-23-18-24(33-26(32-23)27-8-7-16-10-35(4)11-28-16)31-25(30-18)22-21(39-13-37)20(38-12-36)19(40-22)17-9-14(3)34-41-17/h9-13,15,19-22H,5-8H2,1-4H3,(H3,27,29,30,31,32,33)/t19-,20-,21-,22+/m1/s1. The van der Waals surface area contributed by atoms with Crippen LogP contribution in [0, 0.1) is 6.92 Å². The molecule has 0 saturated carbocycles. The highest BCUT2D eigenvalue weighted by atomic mass is 16.6. The van der Waals surface area contributed by atoms with E-state index in [0.29, 0.717) is 53.2 Å². The van der Waals surface area contributed by atoms with Crippen molar-refractivity contribution in [3.63, 3.8) is 0 Å². The Morgan fingerprint density at radius 2 is 1.88 bits per heavy atom. The first-order chi connectivity index (χ1) is 19.9. The maximum atomic E-state index is 11.5. The molecule has 0 aliphatic carbocycles. The average molecular weight is 568 g/mol. The summed E-state index contributed by atoms with van der Waals surface area (Å²) in [5, 5.41) is 10.6. The lowest BCUT2D eigenvalue weighted by Gasteiger charge is -2.19. The fourth-order valence-corrected chi connectivity index (χ4v) is 4.87. The third-order valence-electron chi connectivity index (χ3n) is 6.95. The van der Waals surface area contributed by atoms with E-state index in [0.717, 1.165) is 18.5 Å². The number of aromatic amines is 1. The van der Waals surface area contributed by atoms with Crippen LogP contribution in [0.4, 0.5) is 11.8 Å². The largest absolute Gasteiger partial charge is 0.457 e. The molecule has 218 valence electrons. The highest BCUT2D eigenvalue weighted by molar-refractivity contribution is 5.84. The summed E-state index contributed by atoms with van der Waals surface area (Å²) < 4.78 is 24.2. The normalized spacial score (nSPS) is 20.4. The van der Waals surface area contributed by atoms with Crippen LogP contribution in [0.5, 0.6) is 0 Å². The Bertz CT molecular complexity index is 1480. The number of fused-ring (bicyclic) bond motifs is 1. The molecular weight excluding hydrogens is 534 g/mol. The van der Waals surface area contributed by atoms with Crippen LogP contribution >= 0.6 is 0 Å². The fraction of sp³-hybridized carbons (Fsp3) is 0.500. The lowest BCUT2D eigenvalue weighted by Crippen LogP contribution is -2.32. The summed E-state index contributed by atoms with van der Waals surface area (Å²) in [7, 11) is 1.92. The Labute approximate surface area is 235 Å². The molecule has 5 rings (SSSR count). The van der Waals surface area contributed by atoms with Gasteiger partial charge in [0.15, 0.2) is 41.6 Å². The van der Waals surface area contributed by atoms with Gasteiger partial charge in [-0.1, -0.05) is 19.0 Å². The highest BCUT2D eigenvalue weighted by Gasteiger charge is 2.52. The Kier molecular flexibility index (Phi) is 8.42. The van der Waals surface area contributed by atoms with E-state index in [2.05, 4.69) is 44.6 Å². The predicted molar refractivity (Wildman–Crippen MR) is 145 cm³/mol. The van der Waals surface area contributed by atoms with Gasteiger partial charge in [-0.25, -0.2) is 9.97 Å². The number of aromatic nitrogens is 7. The van der Waals surface area contributed by atoms with E-state index in [9.17, 15) is 9.59 Å². The van der Waals surface area contributed by atoms with E-state index < -0.39 is 24.4 Å². The number of nitrogens with zero attached hydrogens (tertiary/aromatic N) is 6. The molecule has 0 unspecified atom stereocenters. The molecule has 0 bridgehead atoms. The third kappa shape index (κ3) is 5.99. The second-order valence-corrected chi connectivity index (χ2v) is 9.82. The Hall–Kier alpha value is -4.53. The molecule has 0 amide bonds. The van der Waals surface area contributed by atoms with Crippen LogP contribution in [-0.2, 0) is 37.3 Å². The zero-order valence-electron chi connectivity index (χ0n) is 23.2. The number of aryl methyl sites for hydroxylation is 2. The number of hydrogen-bond donors (Lipinski definition) is 3. The van der Waals surface area contributed by atoms with Gasteiger partial charge in [-0.05, 0) is 19.8 Å². The van der Waals surface area contributed by atoms with Crippen LogP contribution in [0.25, 0.3) is 11.2 Å². The molecular formula is C26H33N9O6. The minimum absolute atomic E-state index is 0.166. The SMILES string of the molecule is CCC(CC)Nc1nc(NCCc2cn(C)cn2)nc2nc([C@H]3O[C@H](c4cc(C)no4)[C@@H](OC=O)[C@H]3OC=O)[nH]c12. The van der Waals surface area contributed by atoms with Crippen LogP contribution in [0.1, 0.15) is 61.9 Å². The summed E-state index contributed by atoms with van der Waals surface area (Å²) in [6.07, 6.45) is 2.33. The van der Waals surface area contributed by atoms with E-state index in [1.807, 2.05) is 17.8 Å². The molecule has 4 atom stereocenters. The predicted octanol–water partition coefficient (Wildman–Crippen LogP) is 2.53. The molecule has 1 aliphatic heterocycles. The number of imidazole rings is 2. The number of carbonyl (C=O) groups is 2. The van der Waals surface area contributed by atoms with Crippen molar-refractivity contribution in [1.29, 1.82) is 0 Å². The smallest absolute Gasteiger partial charge is 0.293 e. The van der Waals surface area contributed by atoms with Gasteiger partial charge in [-0.15, -0.1) is 0 Å². The third-order valence-corrected chi connectivity index (χ3v) is 6.95.